The molecule has 0 aliphatic carbocycles. The van der Waals surface area contributed by atoms with Crippen LogP contribution in [-0.2, 0) is 0 Å². The second-order valence-corrected chi connectivity index (χ2v) is 8.49. The summed E-state index contributed by atoms with van der Waals surface area (Å²) >= 11 is 15.1. The first-order chi connectivity index (χ1) is 13.4. The van der Waals surface area contributed by atoms with Crippen molar-refractivity contribution in [2.75, 3.05) is 0 Å². The number of hydrogen-bond acceptors (Lipinski definition) is 1. The van der Waals surface area contributed by atoms with E-state index in [4.69, 9.17) is 23.2 Å². The summed E-state index contributed by atoms with van der Waals surface area (Å²) in [6, 6.07) is 7.34. The van der Waals surface area contributed by atoms with Crippen molar-refractivity contribution in [1.82, 2.24) is 5.32 Å². The number of rotatable bonds is 5. The molecule has 2 aromatic rings. The lowest BCUT2D eigenvalue weighted by Crippen LogP contribution is -2.30. The predicted octanol–water partition coefficient (Wildman–Crippen LogP) is 7.56. The molecule has 1 N–H and O–H groups in total. The van der Waals surface area contributed by atoms with Crippen molar-refractivity contribution < 1.29 is 18.0 Å². The Bertz CT molecular complexity index is 919. The quantitative estimate of drug-likeness (QED) is 0.415. The molecule has 1 atom stereocenters. The number of allylic oxidation sites excluding steroid dienone is 1. The third kappa shape index (κ3) is 6.24. The Labute approximate surface area is 186 Å². The lowest BCUT2D eigenvalue weighted by Gasteiger charge is -2.18. The van der Waals surface area contributed by atoms with Crippen molar-refractivity contribution in [2.24, 2.45) is 0 Å². The van der Waals surface area contributed by atoms with Crippen LogP contribution in [0.2, 0.25) is 10.0 Å². The summed E-state index contributed by atoms with van der Waals surface area (Å²) in [6.45, 7) is 5.44. The van der Waals surface area contributed by atoms with E-state index in [1.165, 1.54) is 18.2 Å². The minimum absolute atomic E-state index is 0.0152. The highest BCUT2D eigenvalue weighted by Gasteiger charge is 2.39. The van der Waals surface area contributed by atoms with Crippen molar-refractivity contribution in [3.05, 3.63) is 73.2 Å². The summed E-state index contributed by atoms with van der Waals surface area (Å²) in [6.07, 6.45) is -2.10. The van der Waals surface area contributed by atoms with E-state index < -0.39 is 12.1 Å². The van der Waals surface area contributed by atoms with Crippen LogP contribution in [0.3, 0.4) is 0 Å². The molecule has 0 fully saturated rings. The molecule has 1 amide bonds. The van der Waals surface area contributed by atoms with Crippen LogP contribution in [0.25, 0.3) is 6.08 Å². The second kappa shape index (κ2) is 9.54. The van der Waals surface area contributed by atoms with E-state index in [-0.39, 0.29) is 27.6 Å². The Balaban J connectivity index is 2.35. The largest absolute Gasteiger partial charge is 0.399 e. The molecule has 0 bridgehead atoms. The molecule has 8 heteroatoms. The van der Waals surface area contributed by atoms with Crippen LogP contribution in [0, 0.1) is 6.92 Å². The minimum atomic E-state index is -4.52. The molecule has 0 saturated heterocycles. The molecule has 2 aromatic carbocycles. The molecular formula is C21H19BrCl2F3NO. The van der Waals surface area contributed by atoms with E-state index >= 15 is 0 Å². The van der Waals surface area contributed by atoms with Crippen LogP contribution in [0.4, 0.5) is 13.2 Å². The maximum atomic E-state index is 13.6. The lowest BCUT2D eigenvalue weighted by molar-refractivity contribution is -0.139. The lowest BCUT2D eigenvalue weighted by atomic mass is 9.96. The van der Waals surface area contributed by atoms with Crippen molar-refractivity contribution in [1.29, 1.82) is 0 Å². The van der Waals surface area contributed by atoms with Crippen LogP contribution >= 0.6 is 39.1 Å². The number of aryl methyl sites for hydroxylation is 1. The van der Waals surface area contributed by atoms with E-state index in [0.29, 0.717) is 21.2 Å². The van der Waals surface area contributed by atoms with Gasteiger partial charge in [0.25, 0.3) is 5.91 Å². The zero-order chi connectivity index (χ0) is 21.9. The Morgan fingerprint density at radius 1 is 1.14 bits per heavy atom. The first-order valence-electron chi connectivity index (χ1n) is 8.71. The standard InChI is InChI=1S/C21H19BrCl2F3NO/c1-11(2)28-20(29)15-6-4-13(8-12(15)3)5-7-16(21(25,26)27)14-9-17(23)19(22)18(24)10-14/h4-11,16H,1-3H3,(H,28,29)/b7-5+. The van der Waals surface area contributed by atoms with Gasteiger partial charge in [0.2, 0.25) is 0 Å². The molecule has 1 unspecified atom stereocenters. The van der Waals surface area contributed by atoms with Crippen LogP contribution in [0.1, 0.15) is 46.8 Å². The molecule has 0 aromatic heterocycles. The first kappa shape index (κ1) is 23.8. The minimum Gasteiger partial charge on any atom is -0.350 e. The fraction of sp³-hybridized carbons (Fsp3) is 0.286. The van der Waals surface area contributed by atoms with E-state index in [0.717, 1.165) is 6.08 Å². The van der Waals surface area contributed by atoms with E-state index in [1.54, 1.807) is 25.1 Å². The number of alkyl halides is 3. The summed E-state index contributed by atoms with van der Waals surface area (Å²) in [7, 11) is 0. The Morgan fingerprint density at radius 3 is 2.21 bits per heavy atom. The van der Waals surface area contributed by atoms with Crippen LogP contribution < -0.4 is 5.32 Å². The molecule has 0 radical (unpaired) electrons. The van der Waals surface area contributed by atoms with Crippen LogP contribution in [0.5, 0.6) is 0 Å². The zero-order valence-corrected chi connectivity index (χ0v) is 19.0. The monoisotopic (exact) mass is 507 g/mol. The molecule has 0 aliphatic rings. The summed E-state index contributed by atoms with van der Waals surface area (Å²) in [5, 5.41) is 3.00. The zero-order valence-electron chi connectivity index (χ0n) is 15.9. The fourth-order valence-corrected chi connectivity index (χ4v) is 3.49. The number of benzene rings is 2. The number of hydrogen-bond donors (Lipinski definition) is 1. The highest BCUT2D eigenvalue weighted by molar-refractivity contribution is 9.10. The predicted molar refractivity (Wildman–Crippen MR) is 116 cm³/mol. The molecule has 0 heterocycles. The Kier molecular flexibility index (Phi) is 7.82. The maximum absolute atomic E-state index is 13.6. The van der Waals surface area contributed by atoms with Gasteiger partial charge in [0.15, 0.2) is 0 Å². The highest BCUT2D eigenvalue weighted by atomic mass is 79.9. The summed E-state index contributed by atoms with van der Waals surface area (Å²) in [4.78, 5) is 12.2. The number of carbonyl (C=O) groups is 1. The summed E-state index contributed by atoms with van der Waals surface area (Å²) < 4.78 is 41.3. The van der Waals surface area contributed by atoms with Gasteiger partial charge < -0.3 is 5.32 Å². The highest BCUT2D eigenvalue weighted by Crippen LogP contribution is 2.41. The average Bonchev–Trinajstić information content (AvgIpc) is 2.57. The molecule has 2 nitrogen and oxygen atoms in total. The van der Waals surface area contributed by atoms with Gasteiger partial charge in [-0.2, -0.15) is 13.2 Å². The summed E-state index contributed by atoms with van der Waals surface area (Å²) in [5.74, 6) is -2.10. The molecule has 156 valence electrons. The molecule has 29 heavy (non-hydrogen) atoms. The van der Waals surface area contributed by atoms with Crippen molar-refractivity contribution in [2.45, 2.75) is 38.9 Å². The smallest absolute Gasteiger partial charge is 0.350 e. The number of halogens is 6. The maximum Gasteiger partial charge on any atom is 0.399 e. The Hall–Kier alpha value is -1.50. The topological polar surface area (TPSA) is 29.1 Å². The molecule has 0 aliphatic heterocycles. The first-order valence-corrected chi connectivity index (χ1v) is 10.3. The van der Waals surface area contributed by atoms with Gasteiger partial charge in [-0.15, -0.1) is 0 Å². The van der Waals surface area contributed by atoms with E-state index in [2.05, 4.69) is 21.2 Å². The number of carbonyl (C=O) groups excluding carboxylic acids is 1. The van der Waals surface area contributed by atoms with Crippen molar-refractivity contribution in [3.63, 3.8) is 0 Å². The SMILES string of the molecule is Cc1cc(/C=C/C(c2cc(Cl)c(Br)c(Cl)c2)C(F)(F)F)ccc1C(=O)NC(C)C. The van der Waals surface area contributed by atoms with Gasteiger partial charge >= 0.3 is 6.18 Å². The van der Waals surface area contributed by atoms with E-state index in [1.807, 2.05) is 13.8 Å². The molecule has 0 saturated carbocycles. The summed E-state index contributed by atoms with van der Waals surface area (Å²) in [5.41, 5.74) is 1.64. The van der Waals surface area contributed by atoms with Gasteiger partial charge in [-0.3, -0.25) is 4.79 Å². The van der Waals surface area contributed by atoms with E-state index in [9.17, 15) is 18.0 Å². The average molecular weight is 509 g/mol. The van der Waals surface area contributed by atoms with Crippen LogP contribution in [-0.4, -0.2) is 18.1 Å². The van der Waals surface area contributed by atoms with Gasteiger partial charge in [-0.1, -0.05) is 47.5 Å². The van der Waals surface area contributed by atoms with Gasteiger partial charge in [0.1, 0.15) is 0 Å². The van der Waals surface area contributed by atoms with Gasteiger partial charge in [0.05, 0.1) is 20.4 Å². The van der Waals surface area contributed by atoms with Gasteiger partial charge in [-0.05, 0) is 71.6 Å². The normalized spacial score (nSPS) is 13.2. The number of amides is 1. The van der Waals surface area contributed by atoms with Gasteiger partial charge in [-0.25, -0.2) is 0 Å². The second-order valence-electron chi connectivity index (χ2n) is 6.88. The number of nitrogens with one attached hydrogen (secondary N) is 1. The molecule has 0 spiro atoms. The third-order valence-electron chi connectivity index (χ3n) is 4.11. The fourth-order valence-electron chi connectivity index (χ4n) is 2.76. The van der Waals surface area contributed by atoms with Crippen molar-refractivity contribution >= 4 is 51.1 Å². The molecular weight excluding hydrogens is 490 g/mol. The Morgan fingerprint density at radius 2 is 1.72 bits per heavy atom. The van der Waals surface area contributed by atoms with Crippen LogP contribution in [0.15, 0.2) is 40.9 Å². The van der Waals surface area contributed by atoms with Gasteiger partial charge in [0, 0.05) is 11.6 Å². The molecule has 2 rings (SSSR count). The van der Waals surface area contributed by atoms with Crippen molar-refractivity contribution in [3.8, 4) is 0 Å². The third-order valence-corrected chi connectivity index (χ3v) is 6.02.